The third-order valence-corrected chi connectivity index (χ3v) is 3.61. The molecule has 1 aromatic carbocycles. The molecule has 2 rings (SSSR count). The number of aryl methyl sites for hydroxylation is 1. The van der Waals surface area contributed by atoms with Crippen molar-refractivity contribution >= 4 is 17.4 Å². The minimum atomic E-state index is -4.63. The summed E-state index contributed by atoms with van der Waals surface area (Å²) in [4.78, 5) is 14.3. The Morgan fingerprint density at radius 1 is 1.41 bits per heavy atom. The number of hydrogen-bond acceptors (Lipinski definition) is 5. The van der Waals surface area contributed by atoms with E-state index in [2.05, 4.69) is 15.2 Å². The summed E-state index contributed by atoms with van der Waals surface area (Å²) < 4.78 is 37.9. The second-order valence-electron chi connectivity index (χ2n) is 4.35. The van der Waals surface area contributed by atoms with E-state index in [1.54, 1.807) is 0 Å². The molecule has 0 fully saturated rings. The highest BCUT2D eigenvalue weighted by atomic mass is 32.2. The van der Waals surface area contributed by atoms with Crippen LogP contribution in [0.15, 0.2) is 28.3 Å². The molecule has 0 unspecified atom stereocenters. The first-order chi connectivity index (χ1) is 10.3. The van der Waals surface area contributed by atoms with Gasteiger partial charge in [0.2, 0.25) is 5.16 Å². The van der Waals surface area contributed by atoms with Crippen molar-refractivity contribution in [2.45, 2.75) is 36.0 Å². The van der Waals surface area contributed by atoms with Crippen LogP contribution in [0, 0.1) is 10.1 Å². The molecule has 22 heavy (non-hydrogen) atoms. The zero-order valence-electron chi connectivity index (χ0n) is 11.3. The van der Waals surface area contributed by atoms with Crippen LogP contribution in [0.3, 0.4) is 0 Å². The molecule has 0 aliphatic rings. The van der Waals surface area contributed by atoms with Crippen LogP contribution in [0.2, 0.25) is 0 Å². The van der Waals surface area contributed by atoms with Crippen LogP contribution < -0.4 is 0 Å². The molecular weight excluding hydrogens is 321 g/mol. The van der Waals surface area contributed by atoms with Crippen LogP contribution in [0.4, 0.5) is 18.9 Å². The molecule has 10 heteroatoms. The van der Waals surface area contributed by atoms with Crippen molar-refractivity contribution in [3.8, 4) is 0 Å². The summed E-state index contributed by atoms with van der Waals surface area (Å²) in [6.07, 6.45) is -3.12. The van der Waals surface area contributed by atoms with Crippen molar-refractivity contribution in [3.05, 3.63) is 39.7 Å². The van der Waals surface area contributed by atoms with Gasteiger partial charge in [0.15, 0.2) is 0 Å². The smallest absolute Gasteiger partial charge is 0.262 e. The highest BCUT2D eigenvalue weighted by molar-refractivity contribution is 7.99. The summed E-state index contributed by atoms with van der Waals surface area (Å²) in [5.41, 5.74) is -1.69. The second kappa shape index (κ2) is 6.34. The number of rotatable bonds is 5. The summed E-state index contributed by atoms with van der Waals surface area (Å²) in [6.45, 7) is 1.95. The van der Waals surface area contributed by atoms with E-state index in [0.717, 1.165) is 30.3 Å². The predicted molar refractivity (Wildman–Crippen MR) is 72.6 cm³/mol. The van der Waals surface area contributed by atoms with E-state index < -0.39 is 22.4 Å². The van der Waals surface area contributed by atoms with Crippen molar-refractivity contribution in [2.75, 3.05) is 0 Å². The Hall–Kier alpha value is -2.10. The third kappa shape index (κ3) is 3.75. The number of hydrogen-bond donors (Lipinski definition) is 1. The van der Waals surface area contributed by atoms with Crippen LogP contribution >= 0.6 is 11.8 Å². The maximum absolute atomic E-state index is 12.6. The van der Waals surface area contributed by atoms with E-state index >= 15 is 0 Å². The van der Waals surface area contributed by atoms with Gasteiger partial charge < -0.3 is 0 Å². The number of nitrogens with one attached hydrogen (secondary N) is 1. The maximum atomic E-state index is 12.6. The van der Waals surface area contributed by atoms with E-state index in [9.17, 15) is 23.3 Å². The molecule has 0 saturated carbocycles. The lowest BCUT2D eigenvalue weighted by Crippen LogP contribution is -2.05. The normalized spacial score (nSPS) is 11.6. The van der Waals surface area contributed by atoms with Crippen LogP contribution in [0.1, 0.15) is 24.7 Å². The Labute approximate surface area is 127 Å². The highest BCUT2D eigenvalue weighted by Gasteiger charge is 2.33. The van der Waals surface area contributed by atoms with Gasteiger partial charge in [0.1, 0.15) is 5.82 Å². The lowest BCUT2D eigenvalue weighted by atomic mass is 10.2. The molecule has 0 aliphatic heterocycles. The second-order valence-corrected chi connectivity index (χ2v) is 5.36. The number of halogens is 3. The number of nitrogens with zero attached hydrogens (tertiary/aromatic N) is 3. The van der Waals surface area contributed by atoms with Crippen molar-refractivity contribution < 1.29 is 18.1 Å². The summed E-state index contributed by atoms with van der Waals surface area (Å²) in [5, 5.41) is 17.8. The fourth-order valence-electron chi connectivity index (χ4n) is 1.69. The van der Waals surface area contributed by atoms with E-state index in [1.165, 1.54) is 0 Å². The van der Waals surface area contributed by atoms with E-state index in [-0.39, 0.29) is 10.1 Å². The van der Waals surface area contributed by atoms with Gasteiger partial charge in [0, 0.05) is 12.5 Å². The number of alkyl halides is 3. The SMILES string of the molecule is CCCc1nc(Sc2ccc(C(F)(F)F)cc2[N+](=O)[O-])n[nH]1. The average Bonchev–Trinajstić information content (AvgIpc) is 2.85. The largest absolute Gasteiger partial charge is 0.416 e. The molecule has 0 bridgehead atoms. The molecular formula is C12H11F3N4O2S. The summed E-state index contributed by atoms with van der Waals surface area (Å²) in [5.74, 6) is 0.625. The van der Waals surface area contributed by atoms with E-state index in [4.69, 9.17) is 0 Å². The number of nitro groups is 1. The zero-order chi connectivity index (χ0) is 16.3. The molecule has 0 radical (unpaired) electrons. The van der Waals surface area contributed by atoms with Gasteiger partial charge in [-0.15, -0.1) is 5.10 Å². The quantitative estimate of drug-likeness (QED) is 0.664. The minimum absolute atomic E-state index is 0.0556. The number of benzene rings is 1. The maximum Gasteiger partial charge on any atom is 0.416 e. The molecule has 6 nitrogen and oxygen atoms in total. The van der Waals surface area contributed by atoms with Crippen molar-refractivity contribution in [3.63, 3.8) is 0 Å². The topological polar surface area (TPSA) is 84.7 Å². The van der Waals surface area contributed by atoms with Crippen LogP contribution in [0.25, 0.3) is 0 Å². The number of nitro benzene ring substituents is 1. The molecule has 1 aromatic heterocycles. The molecule has 0 saturated heterocycles. The third-order valence-electron chi connectivity index (χ3n) is 2.68. The molecule has 2 aromatic rings. The van der Waals surface area contributed by atoms with Gasteiger partial charge in [-0.3, -0.25) is 15.2 Å². The van der Waals surface area contributed by atoms with Gasteiger partial charge in [0.05, 0.1) is 15.4 Å². The Morgan fingerprint density at radius 2 is 2.14 bits per heavy atom. The first kappa shape index (κ1) is 16.3. The highest BCUT2D eigenvalue weighted by Crippen LogP contribution is 2.38. The summed E-state index contributed by atoms with van der Waals surface area (Å²) in [7, 11) is 0. The first-order valence-corrected chi connectivity index (χ1v) is 7.07. The molecule has 118 valence electrons. The summed E-state index contributed by atoms with van der Waals surface area (Å²) >= 11 is 0.846. The van der Waals surface area contributed by atoms with Gasteiger partial charge >= 0.3 is 6.18 Å². The molecule has 1 heterocycles. The molecule has 1 N–H and O–H groups in total. The Bertz CT molecular complexity index is 687. The van der Waals surface area contributed by atoms with Crippen molar-refractivity contribution in [1.82, 2.24) is 15.2 Å². The monoisotopic (exact) mass is 332 g/mol. The number of aromatic amines is 1. The van der Waals surface area contributed by atoms with E-state index in [0.29, 0.717) is 18.3 Å². The van der Waals surface area contributed by atoms with Gasteiger partial charge in [-0.05, 0) is 30.3 Å². The summed E-state index contributed by atoms with van der Waals surface area (Å²) in [6, 6.07) is 2.37. The van der Waals surface area contributed by atoms with Crippen molar-refractivity contribution in [1.29, 1.82) is 0 Å². The molecule has 0 spiro atoms. The van der Waals surface area contributed by atoms with Gasteiger partial charge in [0.25, 0.3) is 5.69 Å². The lowest BCUT2D eigenvalue weighted by molar-refractivity contribution is -0.388. The fourth-order valence-corrected chi connectivity index (χ4v) is 2.51. The number of aromatic nitrogens is 3. The number of H-pyrrole nitrogens is 1. The zero-order valence-corrected chi connectivity index (χ0v) is 12.2. The van der Waals surface area contributed by atoms with Gasteiger partial charge in [-0.2, -0.15) is 13.2 Å². The average molecular weight is 332 g/mol. The van der Waals surface area contributed by atoms with E-state index in [1.807, 2.05) is 6.92 Å². The Kier molecular flexibility index (Phi) is 4.69. The van der Waals surface area contributed by atoms with Crippen LogP contribution in [-0.4, -0.2) is 20.1 Å². The molecule has 0 amide bonds. The van der Waals surface area contributed by atoms with Crippen LogP contribution in [-0.2, 0) is 12.6 Å². The lowest BCUT2D eigenvalue weighted by Gasteiger charge is -2.07. The Balaban J connectivity index is 2.31. The first-order valence-electron chi connectivity index (χ1n) is 6.26. The standard InChI is InChI=1S/C12H11F3N4O2S/c1-2-3-10-16-11(18-17-10)22-9-5-4-7(12(13,14)15)6-8(9)19(20)21/h4-6H,2-3H2,1H3,(H,16,17,18). The Morgan fingerprint density at radius 3 is 2.73 bits per heavy atom. The minimum Gasteiger partial charge on any atom is -0.262 e. The molecule has 0 atom stereocenters. The van der Waals surface area contributed by atoms with Crippen LogP contribution in [0.5, 0.6) is 0 Å². The van der Waals surface area contributed by atoms with Gasteiger partial charge in [-0.1, -0.05) is 6.92 Å². The van der Waals surface area contributed by atoms with Crippen molar-refractivity contribution in [2.24, 2.45) is 0 Å². The van der Waals surface area contributed by atoms with Gasteiger partial charge in [-0.25, -0.2) is 4.98 Å². The molecule has 0 aliphatic carbocycles. The predicted octanol–water partition coefficient (Wildman–Crippen LogP) is 3.84. The fraction of sp³-hybridized carbons (Fsp3) is 0.333.